The topological polar surface area (TPSA) is 60.1 Å². The lowest BCUT2D eigenvalue weighted by atomic mass is 10.0. The number of aryl methyl sites for hydroxylation is 1. The Morgan fingerprint density at radius 2 is 1.86 bits per heavy atom. The Morgan fingerprint density at radius 1 is 1.14 bits per heavy atom. The lowest BCUT2D eigenvalue weighted by molar-refractivity contribution is -0.137. The molecule has 1 fully saturated rings. The number of imidazole rings is 1. The molecule has 1 amide bonds. The molecule has 1 aromatic carbocycles. The molecule has 0 bridgehead atoms. The van der Waals surface area contributed by atoms with Crippen LogP contribution in [0.15, 0.2) is 41.3 Å². The van der Waals surface area contributed by atoms with E-state index in [0.717, 1.165) is 25.0 Å². The molecule has 9 heteroatoms. The molecule has 0 N–H and O–H groups in total. The number of hydrogen-bond donors (Lipinski definition) is 0. The van der Waals surface area contributed by atoms with Crippen LogP contribution in [0.3, 0.4) is 0 Å². The van der Waals surface area contributed by atoms with E-state index in [-0.39, 0.29) is 18.1 Å². The van der Waals surface area contributed by atoms with E-state index in [2.05, 4.69) is 4.98 Å². The van der Waals surface area contributed by atoms with Gasteiger partial charge in [-0.15, -0.1) is 0 Å². The quantitative estimate of drug-likeness (QED) is 0.674. The molecule has 29 heavy (non-hydrogen) atoms. The molecule has 152 valence electrons. The second-order valence-corrected chi connectivity index (χ2v) is 7.16. The number of fused-ring (bicyclic) bond motifs is 1. The molecule has 0 saturated carbocycles. The highest BCUT2D eigenvalue weighted by atomic mass is 19.4. The first kappa shape index (κ1) is 19.2. The van der Waals surface area contributed by atoms with Gasteiger partial charge in [0.25, 0.3) is 0 Å². The van der Waals surface area contributed by atoms with Crippen LogP contribution in [-0.2, 0) is 24.6 Å². The molecule has 0 unspecified atom stereocenters. The molecule has 3 aromatic rings. The van der Waals surface area contributed by atoms with Crippen LogP contribution in [-0.4, -0.2) is 38.0 Å². The molecule has 0 atom stereocenters. The zero-order valence-electron chi connectivity index (χ0n) is 15.7. The van der Waals surface area contributed by atoms with Crippen molar-refractivity contribution in [2.75, 3.05) is 13.1 Å². The highest BCUT2D eigenvalue weighted by Gasteiger charge is 2.30. The zero-order chi connectivity index (χ0) is 20.8. The normalized spacial score (nSPS) is 14.7. The van der Waals surface area contributed by atoms with Crippen LogP contribution in [0.1, 0.15) is 18.4 Å². The maximum absolute atomic E-state index is 13.0. The minimum Gasteiger partial charge on any atom is -0.341 e. The van der Waals surface area contributed by atoms with Crippen LogP contribution < -0.4 is 5.69 Å². The van der Waals surface area contributed by atoms with Crippen molar-refractivity contribution in [2.24, 2.45) is 7.05 Å². The number of nitrogens with zero attached hydrogens (tertiary/aromatic N) is 4. The second kappa shape index (κ2) is 7.06. The predicted octanol–water partition coefficient (Wildman–Crippen LogP) is 3.04. The SMILES string of the molecule is Cn1c(=O)n(CC(=O)N2CCCC2)c2cc(-c3cccc(C(F)(F)F)c3)cnc21. The maximum Gasteiger partial charge on any atom is 0.416 e. The number of benzene rings is 1. The summed E-state index contributed by atoms with van der Waals surface area (Å²) < 4.78 is 41.8. The smallest absolute Gasteiger partial charge is 0.341 e. The largest absolute Gasteiger partial charge is 0.416 e. The summed E-state index contributed by atoms with van der Waals surface area (Å²) in [6.07, 6.45) is -1.14. The number of hydrogen-bond acceptors (Lipinski definition) is 3. The Bertz CT molecular complexity index is 1140. The van der Waals surface area contributed by atoms with Gasteiger partial charge in [-0.05, 0) is 36.6 Å². The van der Waals surface area contributed by atoms with Gasteiger partial charge in [0.05, 0.1) is 11.1 Å². The van der Waals surface area contributed by atoms with Crippen molar-refractivity contribution < 1.29 is 18.0 Å². The number of pyridine rings is 1. The van der Waals surface area contributed by atoms with Crippen molar-refractivity contribution in [1.29, 1.82) is 0 Å². The van der Waals surface area contributed by atoms with Gasteiger partial charge in [0.1, 0.15) is 6.54 Å². The van der Waals surface area contributed by atoms with E-state index in [9.17, 15) is 22.8 Å². The Morgan fingerprint density at radius 3 is 2.55 bits per heavy atom. The number of rotatable bonds is 3. The van der Waals surface area contributed by atoms with Gasteiger partial charge in [0.15, 0.2) is 5.65 Å². The highest BCUT2D eigenvalue weighted by molar-refractivity contribution is 5.82. The third kappa shape index (κ3) is 3.52. The van der Waals surface area contributed by atoms with Gasteiger partial charge in [0.2, 0.25) is 5.91 Å². The number of halogens is 3. The lowest BCUT2D eigenvalue weighted by Crippen LogP contribution is -2.34. The van der Waals surface area contributed by atoms with Gasteiger partial charge in [-0.3, -0.25) is 13.9 Å². The van der Waals surface area contributed by atoms with Crippen molar-refractivity contribution in [3.63, 3.8) is 0 Å². The molecular formula is C20H19F3N4O2. The zero-order valence-corrected chi connectivity index (χ0v) is 15.7. The van der Waals surface area contributed by atoms with Crippen molar-refractivity contribution in [3.05, 3.63) is 52.6 Å². The van der Waals surface area contributed by atoms with Crippen molar-refractivity contribution in [1.82, 2.24) is 19.0 Å². The van der Waals surface area contributed by atoms with E-state index in [0.29, 0.717) is 35.4 Å². The van der Waals surface area contributed by atoms with Gasteiger partial charge in [0, 0.05) is 31.9 Å². The van der Waals surface area contributed by atoms with Gasteiger partial charge in [-0.1, -0.05) is 12.1 Å². The average molecular weight is 404 g/mol. The molecule has 6 nitrogen and oxygen atoms in total. The molecule has 1 aliphatic rings. The molecule has 2 aromatic heterocycles. The average Bonchev–Trinajstić information content (AvgIpc) is 3.31. The lowest BCUT2D eigenvalue weighted by Gasteiger charge is -2.15. The van der Waals surface area contributed by atoms with E-state index >= 15 is 0 Å². The molecule has 0 aliphatic carbocycles. The van der Waals surface area contributed by atoms with E-state index < -0.39 is 11.7 Å². The van der Waals surface area contributed by atoms with Crippen LogP contribution >= 0.6 is 0 Å². The van der Waals surface area contributed by atoms with E-state index in [1.807, 2.05) is 0 Å². The van der Waals surface area contributed by atoms with Crippen molar-refractivity contribution in [3.8, 4) is 11.1 Å². The third-order valence-corrected chi connectivity index (χ3v) is 5.25. The summed E-state index contributed by atoms with van der Waals surface area (Å²) in [5.41, 5.74) is 0.422. The van der Waals surface area contributed by atoms with Crippen LogP contribution in [0.4, 0.5) is 13.2 Å². The number of alkyl halides is 3. The second-order valence-electron chi connectivity index (χ2n) is 7.16. The summed E-state index contributed by atoms with van der Waals surface area (Å²) in [6, 6.07) is 6.54. The summed E-state index contributed by atoms with van der Waals surface area (Å²) in [4.78, 5) is 31.2. The maximum atomic E-state index is 13.0. The molecule has 0 spiro atoms. The Kier molecular flexibility index (Phi) is 4.68. The fourth-order valence-corrected chi connectivity index (χ4v) is 3.67. The van der Waals surface area contributed by atoms with Gasteiger partial charge >= 0.3 is 11.9 Å². The summed E-state index contributed by atoms with van der Waals surface area (Å²) in [6.45, 7) is 1.22. The number of amides is 1. The minimum absolute atomic E-state index is 0.121. The number of aromatic nitrogens is 3. The van der Waals surface area contributed by atoms with E-state index in [1.54, 1.807) is 24.1 Å². The van der Waals surface area contributed by atoms with E-state index in [4.69, 9.17) is 0 Å². The summed E-state index contributed by atoms with van der Waals surface area (Å²) >= 11 is 0. The van der Waals surface area contributed by atoms with Crippen LogP contribution in [0.2, 0.25) is 0 Å². The van der Waals surface area contributed by atoms with Crippen LogP contribution in [0, 0.1) is 0 Å². The van der Waals surface area contributed by atoms with Gasteiger partial charge in [-0.2, -0.15) is 13.2 Å². The third-order valence-electron chi connectivity index (χ3n) is 5.25. The molecular weight excluding hydrogens is 385 g/mol. The van der Waals surface area contributed by atoms with Crippen LogP contribution in [0.25, 0.3) is 22.3 Å². The van der Waals surface area contributed by atoms with Crippen molar-refractivity contribution in [2.45, 2.75) is 25.6 Å². The van der Waals surface area contributed by atoms with Crippen molar-refractivity contribution >= 4 is 17.1 Å². The monoisotopic (exact) mass is 404 g/mol. The van der Waals surface area contributed by atoms with Gasteiger partial charge < -0.3 is 4.90 Å². The number of carbonyl (C=O) groups excluding carboxylic acids is 1. The Hall–Kier alpha value is -3.10. The highest BCUT2D eigenvalue weighted by Crippen LogP contribution is 2.32. The van der Waals surface area contributed by atoms with E-state index in [1.165, 1.54) is 21.4 Å². The minimum atomic E-state index is -4.45. The fraction of sp³-hybridized carbons (Fsp3) is 0.350. The summed E-state index contributed by atoms with van der Waals surface area (Å²) in [5, 5.41) is 0. The number of likely N-dealkylation sites (tertiary alicyclic amines) is 1. The predicted molar refractivity (Wildman–Crippen MR) is 101 cm³/mol. The molecule has 4 rings (SSSR count). The molecule has 1 aliphatic heterocycles. The molecule has 1 saturated heterocycles. The Labute approximate surface area is 164 Å². The first-order chi connectivity index (χ1) is 13.8. The summed E-state index contributed by atoms with van der Waals surface area (Å²) in [7, 11) is 1.55. The standard InChI is InChI=1S/C20H19F3N4O2/c1-25-18-16(27(19(25)29)12-17(28)26-7-2-3-8-26)10-14(11-24-18)13-5-4-6-15(9-13)20(21,22)23/h4-6,9-11H,2-3,7-8,12H2,1H3. The Balaban J connectivity index is 1.77. The molecule has 3 heterocycles. The number of carbonyl (C=O) groups is 1. The van der Waals surface area contributed by atoms with Gasteiger partial charge in [-0.25, -0.2) is 9.78 Å². The molecule has 0 radical (unpaired) electrons. The fourth-order valence-electron chi connectivity index (χ4n) is 3.67. The summed E-state index contributed by atoms with van der Waals surface area (Å²) in [5.74, 6) is -0.151. The first-order valence-electron chi connectivity index (χ1n) is 9.26. The first-order valence-corrected chi connectivity index (χ1v) is 9.26. The van der Waals surface area contributed by atoms with Crippen LogP contribution in [0.5, 0.6) is 0 Å².